The summed E-state index contributed by atoms with van der Waals surface area (Å²) in [5, 5.41) is 0.837. The van der Waals surface area contributed by atoms with Crippen LogP contribution in [0, 0.1) is 0 Å². The van der Waals surface area contributed by atoms with Gasteiger partial charge in [0.05, 0.1) is 172 Å². The number of rotatable bonds is 40. The SMILES string of the molecule is ClCCOCCOCCOCCOCCOCCOCCOCCOCCOCCOCCOCCOCCOCCBr. The van der Waals surface area contributed by atoms with Crippen LogP contribution in [0.5, 0.6) is 0 Å². The number of ether oxygens (including phenoxy) is 13. The summed E-state index contributed by atoms with van der Waals surface area (Å²) in [6, 6.07) is 0. The third kappa shape index (κ3) is 42.2. The lowest BCUT2D eigenvalue weighted by Crippen LogP contribution is -2.15. The summed E-state index contributed by atoms with van der Waals surface area (Å²) in [5.41, 5.74) is 0. The zero-order valence-corrected chi connectivity index (χ0v) is 28.2. The molecule has 15 heteroatoms. The van der Waals surface area contributed by atoms with Gasteiger partial charge < -0.3 is 61.6 Å². The van der Waals surface area contributed by atoms with Gasteiger partial charge in [0.25, 0.3) is 0 Å². The molecular weight excluding hydrogens is 660 g/mol. The summed E-state index contributed by atoms with van der Waals surface area (Å²) >= 11 is 8.81. The van der Waals surface area contributed by atoms with Gasteiger partial charge in [0, 0.05) is 11.2 Å². The molecule has 0 aliphatic rings. The highest BCUT2D eigenvalue weighted by Gasteiger charge is 1.97. The molecular formula is C28H56BrClO13. The van der Waals surface area contributed by atoms with Gasteiger partial charge in [0.15, 0.2) is 0 Å². The van der Waals surface area contributed by atoms with E-state index in [2.05, 4.69) is 15.9 Å². The van der Waals surface area contributed by atoms with Crippen molar-refractivity contribution >= 4 is 27.5 Å². The molecule has 0 N–H and O–H groups in total. The Morgan fingerprint density at radius 2 is 0.372 bits per heavy atom. The molecule has 43 heavy (non-hydrogen) atoms. The van der Waals surface area contributed by atoms with Crippen molar-refractivity contribution < 1.29 is 61.6 Å². The van der Waals surface area contributed by atoms with Crippen LogP contribution in [0.15, 0.2) is 0 Å². The lowest BCUT2D eigenvalue weighted by Gasteiger charge is -2.09. The molecule has 0 aliphatic heterocycles. The normalized spacial score (nSPS) is 11.6. The molecule has 0 atom stereocenters. The van der Waals surface area contributed by atoms with Crippen LogP contribution in [0.2, 0.25) is 0 Å². The Hall–Kier alpha value is 0.250. The van der Waals surface area contributed by atoms with Crippen molar-refractivity contribution in [1.82, 2.24) is 0 Å². The Morgan fingerprint density at radius 1 is 0.233 bits per heavy atom. The zero-order valence-electron chi connectivity index (χ0n) is 25.9. The number of hydrogen-bond donors (Lipinski definition) is 0. The average molecular weight is 716 g/mol. The van der Waals surface area contributed by atoms with Crippen molar-refractivity contribution in [3.05, 3.63) is 0 Å². The first-order valence-corrected chi connectivity index (χ1v) is 16.7. The molecule has 260 valence electrons. The predicted octanol–water partition coefficient (Wildman–Crippen LogP) is 1.84. The molecule has 13 nitrogen and oxygen atoms in total. The van der Waals surface area contributed by atoms with Gasteiger partial charge in [-0.05, 0) is 0 Å². The molecule has 0 bridgehead atoms. The van der Waals surface area contributed by atoms with E-state index >= 15 is 0 Å². The van der Waals surface area contributed by atoms with E-state index in [1.807, 2.05) is 0 Å². The van der Waals surface area contributed by atoms with Crippen LogP contribution in [0.3, 0.4) is 0 Å². The fourth-order valence-electron chi connectivity index (χ4n) is 2.85. The highest BCUT2D eigenvalue weighted by Crippen LogP contribution is 1.88. The topological polar surface area (TPSA) is 120 Å². The second kappa shape index (κ2) is 42.2. The molecule has 0 aromatic heterocycles. The maximum Gasteiger partial charge on any atom is 0.0701 e. The molecule has 0 aromatic carbocycles. The van der Waals surface area contributed by atoms with E-state index in [1.54, 1.807) is 0 Å². The number of alkyl halides is 2. The van der Waals surface area contributed by atoms with Gasteiger partial charge in [-0.15, -0.1) is 11.6 Å². The lowest BCUT2D eigenvalue weighted by molar-refractivity contribution is -0.0288. The maximum atomic E-state index is 5.51. The Balaban J connectivity index is 3.02. The average Bonchev–Trinajstić information content (AvgIpc) is 3.02. The molecule has 0 saturated carbocycles. The Kier molecular flexibility index (Phi) is 42.5. The lowest BCUT2D eigenvalue weighted by atomic mass is 10.6. The van der Waals surface area contributed by atoms with Crippen LogP contribution in [0.25, 0.3) is 0 Å². The van der Waals surface area contributed by atoms with E-state index in [1.165, 1.54) is 0 Å². The first-order chi connectivity index (χ1) is 21.4. The third-order valence-corrected chi connectivity index (χ3v) is 5.39. The molecule has 0 aliphatic carbocycles. The van der Waals surface area contributed by atoms with E-state index in [0.29, 0.717) is 178 Å². The quantitative estimate of drug-likeness (QED) is 0.0679. The molecule has 0 fully saturated rings. The molecule has 0 spiro atoms. The standard InChI is InChI=1S/C28H56BrClO13/c29-1-3-31-5-7-33-9-11-35-13-15-37-17-19-39-21-23-41-25-27-43-28-26-42-24-22-40-20-18-38-16-14-36-12-10-34-8-6-32-4-2-30/h1-28H2. The van der Waals surface area contributed by atoms with Gasteiger partial charge in [0.2, 0.25) is 0 Å². The minimum absolute atomic E-state index is 0.497. The molecule has 0 saturated heterocycles. The molecule has 0 rings (SSSR count). The zero-order chi connectivity index (χ0) is 31.0. The van der Waals surface area contributed by atoms with Crippen molar-refractivity contribution in [1.29, 1.82) is 0 Å². The van der Waals surface area contributed by atoms with Crippen molar-refractivity contribution in [2.45, 2.75) is 0 Å². The van der Waals surface area contributed by atoms with E-state index in [0.717, 1.165) is 5.33 Å². The van der Waals surface area contributed by atoms with Crippen LogP contribution < -0.4 is 0 Å². The van der Waals surface area contributed by atoms with Gasteiger partial charge in [-0.3, -0.25) is 0 Å². The van der Waals surface area contributed by atoms with Crippen LogP contribution in [0.4, 0.5) is 0 Å². The second-order valence-electron chi connectivity index (χ2n) is 8.34. The summed E-state index contributed by atoms with van der Waals surface area (Å²) in [5.74, 6) is 0.497. The summed E-state index contributed by atoms with van der Waals surface area (Å²) in [6.07, 6.45) is 0. The van der Waals surface area contributed by atoms with E-state index in [-0.39, 0.29) is 0 Å². The molecule has 0 radical (unpaired) electrons. The van der Waals surface area contributed by atoms with Crippen LogP contribution in [-0.4, -0.2) is 183 Å². The number of halogens is 2. The van der Waals surface area contributed by atoms with E-state index < -0.39 is 0 Å². The minimum Gasteiger partial charge on any atom is -0.378 e. The summed E-state index contributed by atoms with van der Waals surface area (Å²) in [6.45, 7) is 13.9. The molecule has 0 amide bonds. The van der Waals surface area contributed by atoms with Crippen molar-refractivity contribution in [2.75, 3.05) is 183 Å². The monoisotopic (exact) mass is 714 g/mol. The molecule has 0 aromatic rings. The van der Waals surface area contributed by atoms with Crippen LogP contribution in [-0.2, 0) is 61.6 Å². The van der Waals surface area contributed by atoms with E-state index in [9.17, 15) is 0 Å². The van der Waals surface area contributed by atoms with Crippen molar-refractivity contribution in [3.63, 3.8) is 0 Å². The summed E-state index contributed by atoms with van der Waals surface area (Å²) < 4.78 is 70.3. The largest absolute Gasteiger partial charge is 0.378 e. The van der Waals surface area contributed by atoms with Crippen LogP contribution >= 0.6 is 27.5 Å². The highest BCUT2D eigenvalue weighted by atomic mass is 79.9. The van der Waals surface area contributed by atoms with Crippen LogP contribution in [0.1, 0.15) is 0 Å². The predicted molar refractivity (Wildman–Crippen MR) is 165 cm³/mol. The summed E-state index contributed by atoms with van der Waals surface area (Å²) in [7, 11) is 0. The fraction of sp³-hybridized carbons (Fsp3) is 1.00. The summed E-state index contributed by atoms with van der Waals surface area (Å²) in [4.78, 5) is 0. The highest BCUT2D eigenvalue weighted by molar-refractivity contribution is 9.09. The Morgan fingerprint density at radius 3 is 0.512 bits per heavy atom. The van der Waals surface area contributed by atoms with Gasteiger partial charge in [0.1, 0.15) is 0 Å². The number of hydrogen-bond acceptors (Lipinski definition) is 13. The maximum absolute atomic E-state index is 5.51. The molecule has 0 unspecified atom stereocenters. The molecule has 0 heterocycles. The van der Waals surface area contributed by atoms with Gasteiger partial charge >= 0.3 is 0 Å². The Bertz CT molecular complexity index is 450. The van der Waals surface area contributed by atoms with Gasteiger partial charge in [-0.2, -0.15) is 0 Å². The van der Waals surface area contributed by atoms with Crippen molar-refractivity contribution in [2.24, 2.45) is 0 Å². The minimum atomic E-state index is 0.497. The Labute approximate surface area is 271 Å². The first-order valence-electron chi connectivity index (χ1n) is 15.0. The van der Waals surface area contributed by atoms with Crippen molar-refractivity contribution in [3.8, 4) is 0 Å². The fourth-order valence-corrected chi connectivity index (χ4v) is 3.19. The van der Waals surface area contributed by atoms with Gasteiger partial charge in [-0.1, -0.05) is 15.9 Å². The smallest absolute Gasteiger partial charge is 0.0701 e. The third-order valence-electron chi connectivity index (χ3n) is 4.91. The van der Waals surface area contributed by atoms with Gasteiger partial charge in [-0.25, -0.2) is 0 Å². The second-order valence-corrected chi connectivity index (χ2v) is 9.51. The van der Waals surface area contributed by atoms with E-state index in [4.69, 9.17) is 73.2 Å². The first kappa shape index (κ1) is 43.2.